The van der Waals surface area contributed by atoms with Gasteiger partial charge in [-0.05, 0) is 66.1 Å². The molecule has 1 unspecified atom stereocenters. The molecule has 0 spiro atoms. The Bertz CT molecular complexity index is 1480. The molecule has 1 fully saturated rings. The first-order valence-electron chi connectivity index (χ1n) is 13.2. The minimum atomic E-state index is -4.13. The number of amides is 2. The lowest BCUT2D eigenvalue weighted by Gasteiger charge is -2.43. The highest BCUT2D eigenvalue weighted by molar-refractivity contribution is 7.89. The van der Waals surface area contributed by atoms with Crippen LogP contribution in [0.2, 0.25) is 5.02 Å². The van der Waals surface area contributed by atoms with Gasteiger partial charge in [-0.2, -0.15) is 4.31 Å². The summed E-state index contributed by atoms with van der Waals surface area (Å²) in [5.74, 6) is -0.460. The molecule has 224 valence electrons. The number of rotatable bonds is 12. The number of halogens is 2. The van der Waals surface area contributed by atoms with E-state index >= 15 is 0 Å². The van der Waals surface area contributed by atoms with Gasteiger partial charge in [-0.1, -0.05) is 35.9 Å². The van der Waals surface area contributed by atoms with Crippen LogP contribution in [-0.4, -0.2) is 91.1 Å². The van der Waals surface area contributed by atoms with Crippen molar-refractivity contribution in [3.63, 3.8) is 0 Å². The Labute approximate surface area is 249 Å². The number of methoxy groups -OCH3 is 1. The monoisotopic (exact) mass is 618 g/mol. The predicted molar refractivity (Wildman–Crippen MR) is 154 cm³/mol. The lowest BCUT2D eigenvalue weighted by Crippen LogP contribution is -2.62. The lowest BCUT2D eigenvalue weighted by atomic mass is 10.1. The maximum Gasteiger partial charge on any atom is 0.243 e. The lowest BCUT2D eigenvalue weighted by molar-refractivity contribution is -0.192. The fraction of sp³-hybridized carbons (Fsp3) is 0.310. The third-order valence-corrected chi connectivity index (χ3v) is 9.13. The standard InChI is InChI=1S/C29H32ClFN4O6S/c1-41-26-9-11-27(12-10-26)42(39,40)33(14-13-22-3-2-4-24(30)17-22)20-29(37)34-16-15-32(19-28(34)35(38)21-36)18-23-5-7-25(31)8-6-23/h2-12,17,21,28,38H,13-16,18-20H2,1H3. The van der Waals surface area contributed by atoms with Crippen LogP contribution in [0, 0.1) is 5.82 Å². The first kappa shape index (κ1) is 31.4. The van der Waals surface area contributed by atoms with Crippen LogP contribution in [0.1, 0.15) is 11.1 Å². The summed E-state index contributed by atoms with van der Waals surface area (Å²) in [5.41, 5.74) is 1.61. The zero-order valence-corrected chi connectivity index (χ0v) is 24.5. The van der Waals surface area contributed by atoms with E-state index < -0.39 is 28.6 Å². The first-order chi connectivity index (χ1) is 20.1. The molecule has 2 amide bonds. The van der Waals surface area contributed by atoms with E-state index in [2.05, 4.69) is 0 Å². The van der Waals surface area contributed by atoms with Crippen molar-refractivity contribution < 1.29 is 32.3 Å². The quantitative estimate of drug-likeness (QED) is 0.189. The van der Waals surface area contributed by atoms with Crippen LogP contribution in [0.15, 0.2) is 77.7 Å². The highest BCUT2D eigenvalue weighted by Crippen LogP contribution is 2.22. The molecule has 3 aromatic rings. The van der Waals surface area contributed by atoms with Crippen molar-refractivity contribution in [1.29, 1.82) is 0 Å². The highest BCUT2D eigenvalue weighted by Gasteiger charge is 2.36. The second kappa shape index (κ2) is 14.1. The number of hydrogen-bond donors (Lipinski definition) is 1. The Morgan fingerprint density at radius 1 is 1.10 bits per heavy atom. The molecule has 0 aliphatic carbocycles. The third-order valence-electron chi connectivity index (χ3n) is 7.04. The topological polar surface area (TPSA) is 111 Å². The van der Waals surface area contributed by atoms with Crippen LogP contribution < -0.4 is 4.74 Å². The van der Waals surface area contributed by atoms with Crippen molar-refractivity contribution in [3.8, 4) is 5.75 Å². The smallest absolute Gasteiger partial charge is 0.243 e. The minimum Gasteiger partial charge on any atom is -0.497 e. The second-order valence-electron chi connectivity index (χ2n) is 9.81. The molecule has 42 heavy (non-hydrogen) atoms. The van der Waals surface area contributed by atoms with Gasteiger partial charge < -0.3 is 9.64 Å². The molecule has 1 aliphatic rings. The highest BCUT2D eigenvalue weighted by atomic mass is 35.5. The summed E-state index contributed by atoms with van der Waals surface area (Å²) in [6, 6.07) is 18.8. The Balaban J connectivity index is 1.54. The fourth-order valence-corrected chi connectivity index (χ4v) is 6.37. The summed E-state index contributed by atoms with van der Waals surface area (Å²) < 4.78 is 47.0. The summed E-state index contributed by atoms with van der Waals surface area (Å²) in [4.78, 5) is 28.4. The molecule has 0 radical (unpaired) electrons. The van der Waals surface area contributed by atoms with E-state index in [-0.39, 0.29) is 36.8 Å². The van der Waals surface area contributed by atoms with E-state index in [0.29, 0.717) is 35.3 Å². The Morgan fingerprint density at radius 2 is 1.81 bits per heavy atom. The molecule has 0 saturated carbocycles. The van der Waals surface area contributed by atoms with Gasteiger partial charge in [0.15, 0.2) is 0 Å². The Kier molecular flexibility index (Phi) is 10.5. The molecule has 1 aliphatic heterocycles. The van der Waals surface area contributed by atoms with Gasteiger partial charge in [0.25, 0.3) is 0 Å². The van der Waals surface area contributed by atoms with E-state index in [1.807, 2.05) is 11.0 Å². The van der Waals surface area contributed by atoms with Gasteiger partial charge in [0.05, 0.1) is 18.6 Å². The number of ether oxygens (including phenoxy) is 1. The largest absolute Gasteiger partial charge is 0.497 e. The van der Waals surface area contributed by atoms with Crippen LogP contribution >= 0.6 is 11.6 Å². The maximum absolute atomic E-state index is 13.7. The molecule has 0 aromatic heterocycles. The van der Waals surface area contributed by atoms with E-state index in [0.717, 1.165) is 15.4 Å². The van der Waals surface area contributed by atoms with Gasteiger partial charge in [-0.15, -0.1) is 0 Å². The zero-order chi connectivity index (χ0) is 30.3. The van der Waals surface area contributed by atoms with Crippen molar-refractivity contribution in [2.24, 2.45) is 0 Å². The number of piperazine rings is 1. The number of hydroxylamine groups is 2. The van der Waals surface area contributed by atoms with Gasteiger partial charge in [-0.3, -0.25) is 19.7 Å². The van der Waals surface area contributed by atoms with Crippen LogP contribution in [0.5, 0.6) is 5.75 Å². The van der Waals surface area contributed by atoms with Crippen LogP contribution in [0.4, 0.5) is 4.39 Å². The summed E-state index contributed by atoms with van der Waals surface area (Å²) in [6.45, 7) is 0.484. The summed E-state index contributed by atoms with van der Waals surface area (Å²) in [6.07, 6.45) is -0.557. The summed E-state index contributed by atoms with van der Waals surface area (Å²) in [5, 5.41) is 11.3. The molecule has 13 heteroatoms. The molecule has 0 bridgehead atoms. The van der Waals surface area contributed by atoms with Crippen LogP contribution in [0.25, 0.3) is 0 Å². The molecule has 1 heterocycles. The van der Waals surface area contributed by atoms with Crippen molar-refractivity contribution in [3.05, 3.63) is 94.8 Å². The van der Waals surface area contributed by atoms with Gasteiger partial charge >= 0.3 is 0 Å². The fourth-order valence-electron chi connectivity index (χ4n) is 4.77. The molecule has 1 N–H and O–H groups in total. The Morgan fingerprint density at radius 3 is 2.45 bits per heavy atom. The average Bonchev–Trinajstić information content (AvgIpc) is 2.99. The SMILES string of the molecule is COc1ccc(S(=O)(=O)N(CCc2cccc(Cl)c2)CC(=O)N2CCN(Cc3ccc(F)cc3)CC2N(O)C=O)cc1. The molecule has 10 nitrogen and oxygen atoms in total. The Hall–Kier alpha value is -3.55. The molecule has 1 saturated heterocycles. The van der Waals surface area contributed by atoms with E-state index in [1.54, 1.807) is 30.3 Å². The number of carbonyl (C=O) groups excluding carboxylic acids is 2. The molecule has 1 atom stereocenters. The predicted octanol–water partition coefficient (Wildman–Crippen LogP) is 3.24. The third kappa shape index (κ3) is 7.84. The normalized spacial score (nSPS) is 15.9. The van der Waals surface area contributed by atoms with E-state index in [9.17, 15) is 27.6 Å². The minimum absolute atomic E-state index is 0.0143. The van der Waals surface area contributed by atoms with Crippen molar-refractivity contribution in [1.82, 2.24) is 19.2 Å². The van der Waals surface area contributed by atoms with Crippen LogP contribution in [-0.2, 0) is 32.6 Å². The average molecular weight is 619 g/mol. The zero-order valence-electron chi connectivity index (χ0n) is 23.0. The second-order valence-corrected chi connectivity index (χ2v) is 12.2. The van der Waals surface area contributed by atoms with Gasteiger partial charge in [0, 0.05) is 37.7 Å². The molecule has 3 aromatic carbocycles. The molecular weight excluding hydrogens is 587 g/mol. The molecule has 4 rings (SSSR count). The maximum atomic E-state index is 13.7. The van der Waals surface area contributed by atoms with Crippen molar-refractivity contribution in [2.75, 3.05) is 39.8 Å². The van der Waals surface area contributed by atoms with Gasteiger partial charge in [-0.25, -0.2) is 17.9 Å². The number of sulfonamides is 1. The van der Waals surface area contributed by atoms with Crippen LogP contribution in [0.3, 0.4) is 0 Å². The van der Waals surface area contributed by atoms with Crippen molar-refractivity contribution >= 4 is 33.9 Å². The van der Waals surface area contributed by atoms with Gasteiger partial charge in [0.1, 0.15) is 17.7 Å². The number of nitrogens with zero attached hydrogens (tertiary/aromatic N) is 4. The number of hydrogen-bond acceptors (Lipinski definition) is 7. The first-order valence-corrected chi connectivity index (χ1v) is 15.0. The summed E-state index contributed by atoms with van der Waals surface area (Å²) in [7, 11) is -2.66. The number of benzene rings is 3. The molecular formula is C29H32ClFN4O6S. The summed E-state index contributed by atoms with van der Waals surface area (Å²) >= 11 is 6.11. The number of carbonyl (C=O) groups is 2. The van der Waals surface area contributed by atoms with E-state index in [1.165, 1.54) is 48.4 Å². The van der Waals surface area contributed by atoms with Gasteiger partial charge in [0.2, 0.25) is 22.3 Å². The van der Waals surface area contributed by atoms with Crippen molar-refractivity contribution in [2.45, 2.75) is 24.0 Å². The van der Waals surface area contributed by atoms with E-state index in [4.69, 9.17) is 16.3 Å².